The first-order valence-corrected chi connectivity index (χ1v) is 5.97. The molecule has 0 unspecified atom stereocenters. The van der Waals surface area contributed by atoms with Gasteiger partial charge >= 0.3 is 6.03 Å². The summed E-state index contributed by atoms with van der Waals surface area (Å²) in [6.45, 7) is 1.93. The predicted molar refractivity (Wildman–Crippen MR) is 76.8 cm³/mol. The van der Waals surface area contributed by atoms with E-state index in [0.29, 0.717) is 5.75 Å². The van der Waals surface area contributed by atoms with E-state index in [1.807, 2.05) is 49.4 Å². The summed E-state index contributed by atoms with van der Waals surface area (Å²) in [6.07, 6.45) is 0. The zero-order valence-electron chi connectivity index (χ0n) is 10.9. The van der Waals surface area contributed by atoms with Crippen LogP contribution < -0.4 is 15.4 Å². The third-order valence-corrected chi connectivity index (χ3v) is 2.72. The fourth-order valence-electron chi connectivity index (χ4n) is 1.67. The van der Waals surface area contributed by atoms with Gasteiger partial charge in [0.1, 0.15) is 5.75 Å². The minimum absolute atomic E-state index is 0.275. The Labute approximate surface area is 112 Å². The van der Waals surface area contributed by atoms with Crippen molar-refractivity contribution in [3.05, 3.63) is 54.1 Å². The topological polar surface area (TPSA) is 50.4 Å². The smallest absolute Gasteiger partial charge is 0.323 e. The number of carbonyl (C=O) groups is 1. The lowest BCUT2D eigenvalue weighted by molar-refractivity contribution is 0.262. The second-order valence-electron chi connectivity index (χ2n) is 4.13. The van der Waals surface area contributed by atoms with Crippen LogP contribution in [0.25, 0.3) is 0 Å². The molecule has 0 aliphatic heterocycles. The molecule has 0 bridgehead atoms. The molecule has 2 aromatic carbocycles. The minimum atomic E-state index is -0.275. The lowest BCUT2D eigenvalue weighted by Crippen LogP contribution is -2.19. The van der Waals surface area contributed by atoms with E-state index in [9.17, 15) is 4.79 Å². The molecule has 0 spiro atoms. The molecule has 2 N–H and O–H groups in total. The lowest BCUT2D eigenvalue weighted by Gasteiger charge is -2.11. The number of urea groups is 1. The van der Waals surface area contributed by atoms with Crippen LogP contribution in [0.2, 0.25) is 0 Å². The summed E-state index contributed by atoms with van der Waals surface area (Å²) in [5, 5.41) is 5.57. The van der Waals surface area contributed by atoms with Crippen molar-refractivity contribution >= 4 is 17.4 Å². The van der Waals surface area contributed by atoms with Gasteiger partial charge in [0.2, 0.25) is 0 Å². The van der Waals surface area contributed by atoms with Gasteiger partial charge in [0.15, 0.2) is 0 Å². The molecule has 0 aromatic heterocycles. The lowest BCUT2D eigenvalue weighted by atomic mass is 10.2. The van der Waals surface area contributed by atoms with Crippen molar-refractivity contribution in [1.29, 1.82) is 0 Å². The fourth-order valence-corrected chi connectivity index (χ4v) is 1.67. The summed E-state index contributed by atoms with van der Waals surface area (Å²) < 4.78 is 5.14. The molecule has 4 heteroatoms. The Balaban J connectivity index is 2.06. The van der Waals surface area contributed by atoms with E-state index < -0.39 is 0 Å². The Hall–Kier alpha value is -2.49. The molecular weight excluding hydrogens is 240 g/mol. The van der Waals surface area contributed by atoms with Crippen LogP contribution in [0, 0.1) is 6.92 Å². The number of benzene rings is 2. The fraction of sp³-hybridized carbons (Fsp3) is 0.133. The quantitative estimate of drug-likeness (QED) is 0.880. The van der Waals surface area contributed by atoms with E-state index >= 15 is 0 Å². The standard InChI is InChI=1S/C15H16N2O2/c1-11-8-9-13(19-2)10-14(11)17-15(18)16-12-6-4-3-5-7-12/h3-10H,1-2H3,(H2,16,17,18). The highest BCUT2D eigenvalue weighted by Gasteiger charge is 2.06. The summed E-state index contributed by atoms with van der Waals surface area (Å²) >= 11 is 0. The average Bonchev–Trinajstić information content (AvgIpc) is 2.42. The molecule has 19 heavy (non-hydrogen) atoms. The molecule has 0 saturated carbocycles. The van der Waals surface area contributed by atoms with Gasteiger partial charge in [-0.2, -0.15) is 0 Å². The zero-order chi connectivity index (χ0) is 13.7. The van der Waals surface area contributed by atoms with Crippen molar-refractivity contribution < 1.29 is 9.53 Å². The summed E-state index contributed by atoms with van der Waals surface area (Å²) in [6, 6.07) is 14.6. The van der Waals surface area contributed by atoms with Gasteiger partial charge in [-0.1, -0.05) is 24.3 Å². The number of ether oxygens (including phenoxy) is 1. The number of carbonyl (C=O) groups excluding carboxylic acids is 1. The molecule has 0 radical (unpaired) electrons. The number of rotatable bonds is 3. The van der Waals surface area contributed by atoms with Gasteiger partial charge in [0, 0.05) is 17.4 Å². The maximum atomic E-state index is 11.9. The monoisotopic (exact) mass is 256 g/mol. The van der Waals surface area contributed by atoms with Crippen molar-refractivity contribution in [1.82, 2.24) is 0 Å². The third kappa shape index (κ3) is 3.48. The number of methoxy groups -OCH3 is 1. The van der Waals surface area contributed by atoms with Gasteiger partial charge in [-0.05, 0) is 30.7 Å². The largest absolute Gasteiger partial charge is 0.497 e. The number of amides is 2. The first-order chi connectivity index (χ1) is 9.19. The van der Waals surface area contributed by atoms with Crippen molar-refractivity contribution in [3.63, 3.8) is 0 Å². The number of hydrogen-bond donors (Lipinski definition) is 2. The normalized spacial score (nSPS) is 9.79. The summed E-state index contributed by atoms with van der Waals surface area (Å²) in [5.41, 5.74) is 2.46. The van der Waals surface area contributed by atoms with Gasteiger partial charge in [0.25, 0.3) is 0 Å². The molecule has 0 saturated heterocycles. The number of anilines is 2. The van der Waals surface area contributed by atoms with E-state index in [2.05, 4.69) is 10.6 Å². The van der Waals surface area contributed by atoms with E-state index in [4.69, 9.17) is 4.74 Å². The van der Waals surface area contributed by atoms with Crippen LogP contribution in [0.4, 0.5) is 16.2 Å². The molecule has 2 rings (SSSR count). The summed E-state index contributed by atoms with van der Waals surface area (Å²) in [7, 11) is 1.60. The van der Waals surface area contributed by atoms with Crippen molar-refractivity contribution in [2.75, 3.05) is 17.7 Å². The molecule has 2 aromatic rings. The number of hydrogen-bond acceptors (Lipinski definition) is 2. The molecule has 0 heterocycles. The molecule has 0 atom stereocenters. The van der Waals surface area contributed by atoms with Crippen LogP contribution in [0.3, 0.4) is 0 Å². The van der Waals surface area contributed by atoms with Crippen LogP contribution in [0.5, 0.6) is 5.75 Å². The Morgan fingerprint density at radius 3 is 2.47 bits per heavy atom. The second kappa shape index (κ2) is 5.91. The van der Waals surface area contributed by atoms with Crippen LogP contribution in [0.15, 0.2) is 48.5 Å². The number of nitrogens with one attached hydrogen (secondary N) is 2. The molecule has 0 aliphatic carbocycles. The zero-order valence-corrected chi connectivity index (χ0v) is 10.9. The second-order valence-corrected chi connectivity index (χ2v) is 4.13. The van der Waals surface area contributed by atoms with E-state index in [0.717, 1.165) is 16.9 Å². The average molecular weight is 256 g/mol. The Kier molecular flexibility index (Phi) is 4.03. The van der Waals surface area contributed by atoms with Crippen LogP contribution in [0.1, 0.15) is 5.56 Å². The SMILES string of the molecule is COc1ccc(C)c(NC(=O)Nc2ccccc2)c1. The van der Waals surface area contributed by atoms with E-state index in [1.54, 1.807) is 13.2 Å². The number of aryl methyl sites for hydroxylation is 1. The highest BCUT2D eigenvalue weighted by Crippen LogP contribution is 2.21. The maximum absolute atomic E-state index is 11.9. The Morgan fingerprint density at radius 2 is 1.79 bits per heavy atom. The van der Waals surface area contributed by atoms with Crippen molar-refractivity contribution in [3.8, 4) is 5.75 Å². The van der Waals surface area contributed by atoms with Gasteiger partial charge < -0.3 is 15.4 Å². The van der Waals surface area contributed by atoms with Crippen LogP contribution in [-0.2, 0) is 0 Å². The maximum Gasteiger partial charge on any atom is 0.323 e. The minimum Gasteiger partial charge on any atom is -0.497 e. The summed E-state index contributed by atoms with van der Waals surface area (Å²) in [5.74, 6) is 0.709. The first-order valence-electron chi connectivity index (χ1n) is 5.97. The van der Waals surface area contributed by atoms with Crippen LogP contribution in [-0.4, -0.2) is 13.1 Å². The third-order valence-electron chi connectivity index (χ3n) is 2.72. The predicted octanol–water partition coefficient (Wildman–Crippen LogP) is 3.65. The highest BCUT2D eigenvalue weighted by molar-refractivity contribution is 6.00. The molecule has 2 amide bonds. The highest BCUT2D eigenvalue weighted by atomic mass is 16.5. The Bertz CT molecular complexity index is 568. The van der Waals surface area contributed by atoms with Crippen LogP contribution >= 0.6 is 0 Å². The van der Waals surface area contributed by atoms with Gasteiger partial charge in [-0.3, -0.25) is 0 Å². The molecule has 98 valence electrons. The molecule has 0 aliphatic rings. The number of para-hydroxylation sites is 1. The first kappa shape index (κ1) is 13.0. The van der Waals surface area contributed by atoms with Crippen molar-refractivity contribution in [2.45, 2.75) is 6.92 Å². The molecule has 0 fully saturated rings. The summed E-state index contributed by atoms with van der Waals surface area (Å²) in [4.78, 5) is 11.9. The van der Waals surface area contributed by atoms with Gasteiger partial charge in [-0.15, -0.1) is 0 Å². The van der Waals surface area contributed by atoms with E-state index in [1.165, 1.54) is 0 Å². The molecule has 4 nitrogen and oxygen atoms in total. The molecular formula is C15H16N2O2. The van der Waals surface area contributed by atoms with E-state index in [-0.39, 0.29) is 6.03 Å². The van der Waals surface area contributed by atoms with Gasteiger partial charge in [-0.25, -0.2) is 4.79 Å². The van der Waals surface area contributed by atoms with Gasteiger partial charge in [0.05, 0.1) is 7.11 Å². The van der Waals surface area contributed by atoms with Crippen molar-refractivity contribution in [2.24, 2.45) is 0 Å². The Morgan fingerprint density at radius 1 is 1.05 bits per heavy atom.